The van der Waals surface area contributed by atoms with Gasteiger partial charge in [0, 0.05) is 7.05 Å². The van der Waals surface area contributed by atoms with Crippen molar-refractivity contribution in [2.24, 2.45) is 0 Å². The molecule has 0 aromatic heterocycles. The molecule has 158 valence electrons. The van der Waals surface area contributed by atoms with Crippen LogP contribution < -0.4 is 10.9 Å². The van der Waals surface area contributed by atoms with Crippen molar-refractivity contribution in [2.45, 2.75) is 38.0 Å². The standard InChI is InChI=1S/C17H27N3O6S2/c1-4-5-6-11-27(23,24)13-17(22)19-18-16(21)12-20(3)28(25,26)15-9-7-14(2)8-10-15/h7-10H,4-6,11-13H2,1-3H3,(H,18,21)(H,19,22). The maximum Gasteiger partial charge on any atom is 0.253 e. The van der Waals surface area contributed by atoms with Gasteiger partial charge < -0.3 is 0 Å². The van der Waals surface area contributed by atoms with Crippen molar-refractivity contribution in [3.8, 4) is 0 Å². The number of hydrogen-bond donors (Lipinski definition) is 2. The molecule has 0 saturated heterocycles. The molecule has 1 rings (SSSR count). The number of benzene rings is 1. The minimum absolute atomic E-state index is 0.0376. The zero-order valence-corrected chi connectivity index (χ0v) is 17.9. The van der Waals surface area contributed by atoms with Crippen LogP contribution in [0.1, 0.15) is 31.7 Å². The second-order valence-corrected chi connectivity index (χ2v) is 10.7. The molecule has 2 N–H and O–H groups in total. The summed E-state index contributed by atoms with van der Waals surface area (Å²) in [5, 5.41) is 0. The first-order valence-electron chi connectivity index (χ1n) is 8.79. The number of amides is 2. The molecule has 0 aliphatic carbocycles. The molecule has 0 atom stereocenters. The highest BCUT2D eigenvalue weighted by Gasteiger charge is 2.23. The number of hydrogen-bond acceptors (Lipinski definition) is 6. The van der Waals surface area contributed by atoms with Crippen LogP contribution in [0.4, 0.5) is 0 Å². The van der Waals surface area contributed by atoms with Gasteiger partial charge in [0.2, 0.25) is 10.0 Å². The molecule has 11 heteroatoms. The minimum atomic E-state index is -3.87. The van der Waals surface area contributed by atoms with Crippen molar-refractivity contribution in [1.29, 1.82) is 0 Å². The first-order valence-corrected chi connectivity index (χ1v) is 12.0. The predicted octanol–water partition coefficient (Wildman–Crippen LogP) is 0.368. The maximum atomic E-state index is 12.4. The number of likely N-dealkylation sites (N-methyl/N-ethyl adjacent to an activating group) is 1. The lowest BCUT2D eigenvalue weighted by atomic mass is 10.2. The van der Waals surface area contributed by atoms with E-state index in [9.17, 15) is 26.4 Å². The van der Waals surface area contributed by atoms with Crippen molar-refractivity contribution >= 4 is 31.7 Å². The Morgan fingerprint density at radius 3 is 2.11 bits per heavy atom. The lowest BCUT2D eigenvalue weighted by Crippen LogP contribution is -2.48. The molecule has 0 heterocycles. The van der Waals surface area contributed by atoms with Gasteiger partial charge in [-0.3, -0.25) is 20.4 Å². The van der Waals surface area contributed by atoms with E-state index in [1.807, 2.05) is 24.7 Å². The number of nitrogens with zero attached hydrogens (tertiary/aromatic N) is 1. The third kappa shape index (κ3) is 7.95. The molecule has 2 amide bonds. The quantitative estimate of drug-likeness (QED) is 0.405. The highest BCUT2D eigenvalue weighted by Crippen LogP contribution is 2.14. The van der Waals surface area contributed by atoms with Gasteiger partial charge in [-0.15, -0.1) is 0 Å². The summed E-state index contributed by atoms with van der Waals surface area (Å²) >= 11 is 0. The second-order valence-electron chi connectivity index (χ2n) is 6.47. The molecule has 0 radical (unpaired) electrons. The van der Waals surface area contributed by atoms with Gasteiger partial charge in [-0.2, -0.15) is 4.31 Å². The lowest BCUT2D eigenvalue weighted by Gasteiger charge is -2.17. The van der Waals surface area contributed by atoms with E-state index in [1.165, 1.54) is 19.2 Å². The Morgan fingerprint density at radius 2 is 1.54 bits per heavy atom. The number of rotatable bonds is 10. The highest BCUT2D eigenvalue weighted by atomic mass is 32.2. The topological polar surface area (TPSA) is 130 Å². The van der Waals surface area contributed by atoms with Gasteiger partial charge in [-0.25, -0.2) is 16.8 Å². The Labute approximate surface area is 166 Å². The van der Waals surface area contributed by atoms with Crippen LogP contribution in [0.5, 0.6) is 0 Å². The van der Waals surface area contributed by atoms with Crippen molar-refractivity contribution < 1.29 is 26.4 Å². The number of aryl methyl sites for hydroxylation is 1. The summed E-state index contributed by atoms with van der Waals surface area (Å²) < 4.78 is 49.2. The summed E-state index contributed by atoms with van der Waals surface area (Å²) in [5.74, 6) is -2.52. The van der Waals surface area contributed by atoms with Gasteiger partial charge in [-0.05, 0) is 25.5 Å². The Morgan fingerprint density at radius 1 is 0.964 bits per heavy atom. The lowest BCUT2D eigenvalue weighted by molar-refractivity contribution is -0.127. The van der Waals surface area contributed by atoms with Crippen molar-refractivity contribution in [1.82, 2.24) is 15.2 Å². The SMILES string of the molecule is CCCCCS(=O)(=O)CC(=O)NNC(=O)CN(C)S(=O)(=O)c1ccc(C)cc1. The summed E-state index contributed by atoms with van der Waals surface area (Å²) in [6, 6.07) is 6.15. The van der Waals surface area contributed by atoms with Crippen molar-refractivity contribution in [2.75, 3.05) is 25.1 Å². The van der Waals surface area contributed by atoms with E-state index in [4.69, 9.17) is 0 Å². The zero-order valence-electron chi connectivity index (χ0n) is 16.3. The number of sulfone groups is 1. The van der Waals surface area contributed by atoms with Crippen LogP contribution in [0.3, 0.4) is 0 Å². The third-order valence-corrected chi connectivity index (χ3v) is 7.28. The molecule has 9 nitrogen and oxygen atoms in total. The molecule has 0 saturated carbocycles. The normalized spacial score (nSPS) is 12.0. The fraction of sp³-hybridized carbons (Fsp3) is 0.529. The minimum Gasteiger partial charge on any atom is -0.272 e. The van der Waals surface area contributed by atoms with E-state index in [1.54, 1.807) is 12.1 Å². The Balaban J connectivity index is 2.53. The Kier molecular flexibility index (Phi) is 9.05. The number of hydrazine groups is 1. The number of carbonyl (C=O) groups is 2. The highest BCUT2D eigenvalue weighted by molar-refractivity contribution is 7.92. The molecular weight excluding hydrogens is 406 g/mol. The van der Waals surface area contributed by atoms with E-state index in [0.29, 0.717) is 6.42 Å². The molecule has 0 aliphatic rings. The van der Waals surface area contributed by atoms with E-state index in [2.05, 4.69) is 0 Å². The van der Waals surface area contributed by atoms with Crippen LogP contribution in [-0.4, -0.2) is 58.1 Å². The molecule has 1 aromatic carbocycles. The van der Waals surface area contributed by atoms with Crippen LogP contribution >= 0.6 is 0 Å². The molecule has 1 aromatic rings. The second kappa shape index (κ2) is 10.5. The molecular formula is C17H27N3O6S2. The largest absolute Gasteiger partial charge is 0.272 e. The number of sulfonamides is 1. The maximum absolute atomic E-state index is 12.4. The summed E-state index contributed by atoms with van der Waals surface area (Å²) in [6.45, 7) is 3.21. The average molecular weight is 434 g/mol. The predicted molar refractivity (Wildman–Crippen MR) is 105 cm³/mol. The zero-order chi connectivity index (χ0) is 21.4. The van der Waals surface area contributed by atoms with Crippen molar-refractivity contribution in [3.63, 3.8) is 0 Å². The fourth-order valence-corrected chi connectivity index (χ4v) is 4.62. The average Bonchev–Trinajstić information content (AvgIpc) is 2.60. The van der Waals surface area contributed by atoms with Gasteiger partial charge in [0.25, 0.3) is 11.8 Å². The summed E-state index contributed by atoms with van der Waals surface area (Å²) in [7, 11) is -6.19. The van der Waals surface area contributed by atoms with Gasteiger partial charge in [0.05, 0.1) is 17.2 Å². The summed E-state index contributed by atoms with van der Waals surface area (Å²) in [5.41, 5.74) is 4.92. The Hall–Kier alpha value is -1.98. The van der Waals surface area contributed by atoms with E-state index < -0.39 is 44.0 Å². The number of unbranched alkanes of at least 4 members (excludes halogenated alkanes) is 2. The fourth-order valence-electron chi connectivity index (χ4n) is 2.24. The smallest absolute Gasteiger partial charge is 0.253 e. The van der Waals surface area contributed by atoms with Crippen LogP contribution in [0.15, 0.2) is 29.2 Å². The molecule has 0 aliphatic heterocycles. The summed E-state index contributed by atoms with van der Waals surface area (Å²) in [6.07, 6.45) is 2.08. The van der Waals surface area contributed by atoms with E-state index in [-0.39, 0.29) is 10.6 Å². The summed E-state index contributed by atoms with van der Waals surface area (Å²) in [4.78, 5) is 23.6. The van der Waals surface area contributed by atoms with Gasteiger partial charge in [0.1, 0.15) is 5.75 Å². The molecule has 0 fully saturated rings. The van der Waals surface area contributed by atoms with Gasteiger partial charge in [-0.1, -0.05) is 37.5 Å². The molecule has 0 bridgehead atoms. The molecule has 0 unspecified atom stereocenters. The van der Waals surface area contributed by atoms with E-state index >= 15 is 0 Å². The van der Waals surface area contributed by atoms with E-state index in [0.717, 1.165) is 22.7 Å². The van der Waals surface area contributed by atoms with Gasteiger partial charge >= 0.3 is 0 Å². The van der Waals surface area contributed by atoms with Crippen LogP contribution in [-0.2, 0) is 29.4 Å². The number of carbonyl (C=O) groups excluding carboxylic acids is 2. The number of nitrogens with one attached hydrogen (secondary N) is 2. The molecule has 28 heavy (non-hydrogen) atoms. The third-order valence-electron chi connectivity index (χ3n) is 3.85. The van der Waals surface area contributed by atoms with Crippen molar-refractivity contribution in [3.05, 3.63) is 29.8 Å². The first kappa shape index (κ1) is 24.1. The Bertz CT molecular complexity index is 880. The van der Waals surface area contributed by atoms with Crippen LogP contribution in [0, 0.1) is 6.92 Å². The molecule has 0 spiro atoms. The monoisotopic (exact) mass is 433 g/mol. The van der Waals surface area contributed by atoms with Crippen LogP contribution in [0.25, 0.3) is 0 Å². The first-order chi connectivity index (χ1) is 13.0. The van der Waals surface area contributed by atoms with Gasteiger partial charge in [0.15, 0.2) is 9.84 Å². The van der Waals surface area contributed by atoms with Crippen LogP contribution in [0.2, 0.25) is 0 Å².